The van der Waals surface area contributed by atoms with Crippen LogP contribution in [0.4, 0.5) is 4.39 Å². The Hall–Kier alpha value is -0.610. The SMILES string of the molecule is Fc1ccc(Br)c(OCC2CCCCN2)c1. The van der Waals surface area contributed by atoms with Gasteiger partial charge in [0.05, 0.1) is 4.47 Å². The van der Waals surface area contributed by atoms with Crippen LogP contribution >= 0.6 is 15.9 Å². The zero-order chi connectivity index (χ0) is 11.4. The van der Waals surface area contributed by atoms with Crippen molar-refractivity contribution in [2.45, 2.75) is 25.3 Å². The number of nitrogens with one attached hydrogen (secondary N) is 1. The molecule has 1 saturated heterocycles. The van der Waals surface area contributed by atoms with E-state index in [1.807, 2.05) is 0 Å². The molecule has 1 aromatic rings. The van der Waals surface area contributed by atoms with Gasteiger partial charge in [-0.3, -0.25) is 0 Å². The first kappa shape index (κ1) is 11.9. The molecule has 1 aromatic carbocycles. The summed E-state index contributed by atoms with van der Waals surface area (Å²) in [5.41, 5.74) is 0. The lowest BCUT2D eigenvalue weighted by Gasteiger charge is -2.23. The Kier molecular flexibility index (Phi) is 4.18. The second kappa shape index (κ2) is 5.64. The second-order valence-corrected chi connectivity index (χ2v) is 4.89. The summed E-state index contributed by atoms with van der Waals surface area (Å²) in [6.45, 7) is 1.65. The van der Waals surface area contributed by atoms with Crippen LogP contribution in [0.25, 0.3) is 0 Å². The van der Waals surface area contributed by atoms with Crippen molar-refractivity contribution in [1.82, 2.24) is 5.32 Å². The number of halogens is 2. The molecule has 1 heterocycles. The van der Waals surface area contributed by atoms with Crippen molar-refractivity contribution in [3.05, 3.63) is 28.5 Å². The van der Waals surface area contributed by atoms with Crippen molar-refractivity contribution in [2.75, 3.05) is 13.2 Å². The van der Waals surface area contributed by atoms with Crippen LogP contribution in [0.1, 0.15) is 19.3 Å². The van der Waals surface area contributed by atoms with Crippen molar-refractivity contribution in [2.24, 2.45) is 0 Å². The number of hydrogen-bond acceptors (Lipinski definition) is 2. The molecule has 0 amide bonds. The fourth-order valence-corrected chi connectivity index (χ4v) is 2.21. The van der Waals surface area contributed by atoms with Gasteiger partial charge in [0.1, 0.15) is 18.2 Å². The zero-order valence-electron chi connectivity index (χ0n) is 9.01. The average molecular weight is 288 g/mol. The van der Waals surface area contributed by atoms with Crippen molar-refractivity contribution >= 4 is 15.9 Å². The lowest BCUT2D eigenvalue weighted by atomic mass is 10.1. The number of ether oxygens (including phenoxy) is 1. The minimum absolute atomic E-state index is 0.269. The summed E-state index contributed by atoms with van der Waals surface area (Å²) in [5, 5.41) is 3.39. The van der Waals surface area contributed by atoms with E-state index >= 15 is 0 Å². The first-order valence-corrected chi connectivity index (χ1v) is 6.36. The molecule has 0 saturated carbocycles. The topological polar surface area (TPSA) is 21.3 Å². The van der Waals surface area contributed by atoms with Gasteiger partial charge >= 0.3 is 0 Å². The summed E-state index contributed by atoms with van der Waals surface area (Å²) in [4.78, 5) is 0. The Morgan fingerprint density at radius 2 is 2.31 bits per heavy atom. The highest BCUT2D eigenvalue weighted by molar-refractivity contribution is 9.10. The highest BCUT2D eigenvalue weighted by atomic mass is 79.9. The fourth-order valence-electron chi connectivity index (χ4n) is 1.84. The molecule has 88 valence electrons. The molecule has 1 aliphatic heterocycles. The molecule has 4 heteroatoms. The van der Waals surface area contributed by atoms with E-state index in [4.69, 9.17) is 4.74 Å². The largest absolute Gasteiger partial charge is 0.491 e. The van der Waals surface area contributed by atoms with Crippen LogP contribution in [0.2, 0.25) is 0 Å². The Bertz CT molecular complexity index is 353. The Morgan fingerprint density at radius 3 is 3.06 bits per heavy atom. The molecule has 0 aromatic heterocycles. The molecule has 1 N–H and O–H groups in total. The predicted octanol–water partition coefficient (Wildman–Crippen LogP) is 3.11. The third kappa shape index (κ3) is 3.19. The fraction of sp³-hybridized carbons (Fsp3) is 0.500. The van der Waals surface area contributed by atoms with Crippen LogP contribution in [-0.2, 0) is 0 Å². The number of hydrogen-bond donors (Lipinski definition) is 1. The summed E-state index contributed by atoms with van der Waals surface area (Å²) in [6.07, 6.45) is 3.61. The minimum Gasteiger partial charge on any atom is -0.491 e. The predicted molar refractivity (Wildman–Crippen MR) is 65.2 cm³/mol. The van der Waals surface area contributed by atoms with Gasteiger partial charge in [0.15, 0.2) is 0 Å². The highest BCUT2D eigenvalue weighted by Crippen LogP contribution is 2.25. The molecule has 0 radical (unpaired) electrons. The molecule has 1 fully saturated rings. The number of piperidine rings is 1. The van der Waals surface area contributed by atoms with Crippen molar-refractivity contribution in [3.63, 3.8) is 0 Å². The average Bonchev–Trinajstić information content (AvgIpc) is 2.32. The van der Waals surface area contributed by atoms with Crippen molar-refractivity contribution < 1.29 is 9.13 Å². The van der Waals surface area contributed by atoms with Crippen LogP contribution in [0, 0.1) is 5.82 Å². The summed E-state index contributed by atoms with van der Waals surface area (Å²) >= 11 is 3.34. The van der Waals surface area contributed by atoms with E-state index in [9.17, 15) is 4.39 Å². The van der Waals surface area contributed by atoms with Crippen LogP contribution in [-0.4, -0.2) is 19.2 Å². The van der Waals surface area contributed by atoms with Crippen LogP contribution < -0.4 is 10.1 Å². The number of rotatable bonds is 3. The Balaban J connectivity index is 1.90. The molecule has 1 atom stereocenters. The van der Waals surface area contributed by atoms with E-state index in [0.717, 1.165) is 17.4 Å². The summed E-state index contributed by atoms with van der Waals surface area (Å²) in [6, 6.07) is 4.88. The van der Waals surface area contributed by atoms with Gasteiger partial charge in [0, 0.05) is 12.1 Å². The van der Waals surface area contributed by atoms with Gasteiger partial charge in [0.25, 0.3) is 0 Å². The van der Waals surface area contributed by atoms with Gasteiger partial charge in [0.2, 0.25) is 0 Å². The first-order chi connectivity index (χ1) is 7.75. The van der Waals surface area contributed by atoms with Gasteiger partial charge in [-0.15, -0.1) is 0 Å². The molecule has 16 heavy (non-hydrogen) atoms. The molecular weight excluding hydrogens is 273 g/mol. The van der Waals surface area contributed by atoms with Gasteiger partial charge in [-0.05, 0) is 47.4 Å². The van der Waals surface area contributed by atoms with Crippen LogP contribution in [0.15, 0.2) is 22.7 Å². The number of benzene rings is 1. The molecule has 0 spiro atoms. The first-order valence-electron chi connectivity index (χ1n) is 5.57. The summed E-state index contributed by atoms with van der Waals surface area (Å²) < 4.78 is 19.4. The molecule has 2 rings (SSSR count). The molecule has 2 nitrogen and oxygen atoms in total. The lowest BCUT2D eigenvalue weighted by molar-refractivity contribution is 0.237. The third-order valence-electron chi connectivity index (χ3n) is 2.75. The lowest BCUT2D eigenvalue weighted by Crippen LogP contribution is -2.38. The smallest absolute Gasteiger partial charge is 0.136 e. The van der Waals surface area contributed by atoms with E-state index < -0.39 is 0 Å². The molecule has 0 bridgehead atoms. The maximum atomic E-state index is 13.0. The molecular formula is C12H15BrFNO. The normalized spacial score (nSPS) is 20.8. The van der Waals surface area contributed by atoms with Gasteiger partial charge in [-0.1, -0.05) is 6.42 Å². The third-order valence-corrected chi connectivity index (χ3v) is 3.40. The van der Waals surface area contributed by atoms with E-state index in [1.165, 1.54) is 25.0 Å². The Morgan fingerprint density at radius 1 is 1.44 bits per heavy atom. The maximum Gasteiger partial charge on any atom is 0.136 e. The second-order valence-electron chi connectivity index (χ2n) is 4.03. The summed E-state index contributed by atoms with van der Waals surface area (Å²) in [7, 11) is 0. The maximum absolute atomic E-state index is 13.0. The van der Waals surface area contributed by atoms with Gasteiger partial charge in [-0.2, -0.15) is 0 Å². The summed E-state index contributed by atoms with van der Waals surface area (Å²) in [5.74, 6) is 0.308. The van der Waals surface area contributed by atoms with Crippen LogP contribution in [0.5, 0.6) is 5.75 Å². The highest BCUT2D eigenvalue weighted by Gasteiger charge is 2.13. The monoisotopic (exact) mass is 287 g/mol. The van der Waals surface area contributed by atoms with Crippen molar-refractivity contribution in [1.29, 1.82) is 0 Å². The zero-order valence-corrected chi connectivity index (χ0v) is 10.6. The molecule has 0 aliphatic carbocycles. The van der Waals surface area contributed by atoms with E-state index in [2.05, 4.69) is 21.2 Å². The Labute approximate surface area is 103 Å². The van der Waals surface area contributed by atoms with E-state index in [-0.39, 0.29) is 5.82 Å². The van der Waals surface area contributed by atoms with Crippen LogP contribution in [0.3, 0.4) is 0 Å². The minimum atomic E-state index is -0.269. The standard InChI is InChI=1S/C12H15BrFNO/c13-11-5-4-9(14)7-12(11)16-8-10-3-1-2-6-15-10/h4-5,7,10,15H,1-3,6,8H2. The van der Waals surface area contributed by atoms with Gasteiger partial charge < -0.3 is 10.1 Å². The van der Waals surface area contributed by atoms with Gasteiger partial charge in [-0.25, -0.2) is 4.39 Å². The molecule has 1 aliphatic rings. The van der Waals surface area contributed by atoms with Crippen molar-refractivity contribution in [3.8, 4) is 5.75 Å². The molecule has 1 unspecified atom stereocenters. The quantitative estimate of drug-likeness (QED) is 0.922. The van der Waals surface area contributed by atoms with E-state index in [0.29, 0.717) is 18.4 Å². The van der Waals surface area contributed by atoms with E-state index in [1.54, 1.807) is 6.07 Å².